The van der Waals surface area contributed by atoms with Crippen molar-refractivity contribution >= 4 is 0 Å². The third kappa shape index (κ3) is 2.46. The summed E-state index contributed by atoms with van der Waals surface area (Å²) in [6, 6.07) is 9.58. The molecule has 2 rings (SSSR count). The van der Waals surface area contributed by atoms with Crippen molar-refractivity contribution in [2.45, 2.75) is 13.8 Å². The smallest absolute Gasteiger partial charge is 0.237 e. The lowest BCUT2D eigenvalue weighted by atomic mass is 10.1. The predicted octanol–water partition coefficient (Wildman–Crippen LogP) is 3.50. The topological polar surface area (TPSA) is 45.9 Å². The van der Waals surface area contributed by atoms with Gasteiger partial charge >= 0.3 is 0 Å². The molecule has 18 heavy (non-hydrogen) atoms. The van der Waals surface area contributed by atoms with Crippen molar-refractivity contribution in [3.05, 3.63) is 53.0 Å². The van der Waals surface area contributed by atoms with Crippen molar-refractivity contribution in [3.8, 4) is 17.7 Å². The van der Waals surface area contributed by atoms with E-state index in [1.54, 1.807) is 18.2 Å². The van der Waals surface area contributed by atoms with Crippen LogP contribution in [-0.4, -0.2) is 4.98 Å². The standard InChI is InChI=1S/C14H11FN2O/c1-9-6-10(2)17-14(13(9)8-16)18-12-5-3-4-11(15)7-12/h3-7H,1-2H3. The molecule has 0 saturated heterocycles. The largest absolute Gasteiger partial charge is 0.438 e. The highest BCUT2D eigenvalue weighted by Crippen LogP contribution is 2.26. The molecule has 0 N–H and O–H groups in total. The molecule has 0 atom stereocenters. The molecule has 0 aliphatic rings. The summed E-state index contributed by atoms with van der Waals surface area (Å²) in [5.41, 5.74) is 1.90. The molecule has 1 heterocycles. The van der Waals surface area contributed by atoms with Crippen LogP contribution in [-0.2, 0) is 0 Å². The number of ether oxygens (including phenoxy) is 1. The van der Waals surface area contributed by atoms with E-state index in [1.807, 2.05) is 19.9 Å². The minimum Gasteiger partial charge on any atom is -0.438 e. The summed E-state index contributed by atoms with van der Waals surface area (Å²) in [5.74, 6) is 0.139. The summed E-state index contributed by atoms with van der Waals surface area (Å²) < 4.78 is 18.5. The fourth-order valence-electron chi connectivity index (χ4n) is 1.65. The summed E-state index contributed by atoms with van der Waals surface area (Å²) in [4.78, 5) is 4.16. The van der Waals surface area contributed by atoms with Gasteiger partial charge in [-0.15, -0.1) is 0 Å². The lowest BCUT2D eigenvalue weighted by molar-refractivity contribution is 0.455. The molecule has 0 bridgehead atoms. The Morgan fingerprint density at radius 3 is 2.72 bits per heavy atom. The number of aryl methyl sites for hydroxylation is 2. The van der Waals surface area contributed by atoms with E-state index in [0.29, 0.717) is 11.3 Å². The van der Waals surface area contributed by atoms with Gasteiger partial charge in [0.25, 0.3) is 0 Å². The van der Waals surface area contributed by atoms with E-state index >= 15 is 0 Å². The fraction of sp³-hybridized carbons (Fsp3) is 0.143. The van der Waals surface area contributed by atoms with Gasteiger partial charge in [0.1, 0.15) is 23.2 Å². The summed E-state index contributed by atoms with van der Waals surface area (Å²) in [5, 5.41) is 9.08. The highest BCUT2D eigenvalue weighted by atomic mass is 19.1. The van der Waals surface area contributed by atoms with Crippen molar-refractivity contribution in [3.63, 3.8) is 0 Å². The Bertz CT molecular complexity index is 632. The number of aromatic nitrogens is 1. The first-order chi connectivity index (χ1) is 8.60. The Hall–Kier alpha value is -2.41. The van der Waals surface area contributed by atoms with Crippen LogP contribution in [0.2, 0.25) is 0 Å². The molecular formula is C14H11FN2O. The van der Waals surface area contributed by atoms with Gasteiger partial charge in [-0.3, -0.25) is 0 Å². The van der Waals surface area contributed by atoms with E-state index in [4.69, 9.17) is 10.00 Å². The molecule has 90 valence electrons. The summed E-state index contributed by atoms with van der Waals surface area (Å²) in [7, 11) is 0. The molecule has 0 spiro atoms. The van der Waals surface area contributed by atoms with Gasteiger partial charge in [0.15, 0.2) is 0 Å². The van der Waals surface area contributed by atoms with Gasteiger partial charge in [-0.25, -0.2) is 9.37 Å². The molecule has 0 saturated carbocycles. The van der Waals surface area contributed by atoms with Crippen LogP contribution in [0.15, 0.2) is 30.3 Å². The van der Waals surface area contributed by atoms with E-state index in [-0.39, 0.29) is 5.88 Å². The lowest BCUT2D eigenvalue weighted by Gasteiger charge is -2.09. The Balaban J connectivity index is 2.43. The van der Waals surface area contributed by atoms with Gasteiger partial charge in [0.05, 0.1) is 0 Å². The van der Waals surface area contributed by atoms with Crippen molar-refractivity contribution in [2.75, 3.05) is 0 Å². The second kappa shape index (κ2) is 4.84. The third-order valence-electron chi connectivity index (χ3n) is 2.43. The minimum absolute atomic E-state index is 0.209. The summed E-state index contributed by atoms with van der Waals surface area (Å²) in [6.45, 7) is 3.62. The minimum atomic E-state index is -0.393. The lowest BCUT2D eigenvalue weighted by Crippen LogP contribution is -1.97. The first kappa shape index (κ1) is 12.1. The molecule has 0 aliphatic heterocycles. The van der Waals surface area contributed by atoms with Crippen molar-refractivity contribution in [2.24, 2.45) is 0 Å². The van der Waals surface area contributed by atoms with E-state index in [9.17, 15) is 4.39 Å². The number of hydrogen-bond acceptors (Lipinski definition) is 3. The molecule has 1 aromatic heterocycles. The number of nitrogens with zero attached hydrogens (tertiary/aromatic N) is 2. The number of benzene rings is 1. The van der Waals surface area contributed by atoms with Crippen LogP contribution in [0.5, 0.6) is 11.6 Å². The second-order valence-corrected chi connectivity index (χ2v) is 3.93. The maximum Gasteiger partial charge on any atom is 0.237 e. The summed E-state index contributed by atoms with van der Waals surface area (Å²) in [6.07, 6.45) is 0. The fourth-order valence-corrected chi connectivity index (χ4v) is 1.65. The Labute approximate surface area is 104 Å². The molecule has 0 amide bonds. The van der Waals surface area contributed by atoms with Crippen LogP contribution in [0.1, 0.15) is 16.8 Å². The molecular weight excluding hydrogens is 231 g/mol. The predicted molar refractivity (Wildman–Crippen MR) is 64.9 cm³/mol. The second-order valence-electron chi connectivity index (χ2n) is 3.93. The van der Waals surface area contributed by atoms with Crippen molar-refractivity contribution in [1.29, 1.82) is 5.26 Å². The zero-order valence-corrected chi connectivity index (χ0v) is 10.1. The average Bonchev–Trinajstić information content (AvgIpc) is 2.28. The normalized spacial score (nSPS) is 9.89. The van der Waals surface area contributed by atoms with Crippen molar-refractivity contribution in [1.82, 2.24) is 4.98 Å². The van der Waals surface area contributed by atoms with Gasteiger partial charge < -0.3 is 4.74 Å². The van der Waals surface area contributed by atoms with Gasteiger partial charge in [0, 0.05) is 11.8 Å². The Kier molecular flexibility index (Phi) is 3.24. The molecule has 0 unspecified atom stereocenters. The monoisotopic (exact) mass is 242 g/mol. The van der Waals surface area contributed by atoms with Crippen molar-refractivity contribution < 1.29 is 9.13 Å². The molecule has 2 aromatic rings. The molecule has 0 aliphatic carbocycles. The van der Waals surface area contributed by atoms with Gasteiger partial charge in [0.2, 0.25) is 5.88 Å². The first-order valence-corrected chi connectivity index (χ1v) is 5.42. The molecule has 4 heteroatoms. The van der Waals surface area contributed by atoms with E-state index < -0.39 is 5.82 Å². The molecule has 0 radical (unpaired) electrons. The van der Waals surface area contributed by atoms with Crippen LogP contribution in [0.25, 0.3) is 0 Å². The molecule has 1 aromatic carbocycles. The molecule has 0 fully saturated rings. The maximum atomic E-state index is 13.0. The zero-order chi connectivity index (χ0) is 13.1. The van der Waals surface area contributed by atoms with E-state index in [2.05, 4.69) is 4.98 Å². The number of halogens is 1. The quantitative estimate of drug-likeness (QED) is 0.809. The molecule has 3 nitrogen and oxygen atoms in total. The van der Waals surface area contributed by atoms with Gasteiger partial charge in [-0.2, -0.15) is 5.26 Å². The number of pyridine rings is 1. The Morgan fingerprint density at radius 1 is 1.28 bits per heavy atom. The number of hydrogen-bond donors (Lipinski definition) is 0. The van der Waals surface area contributed by atoms with E-state index in [0.717, 1.165) is 11.3 Å². The highest BCUT2D eigenvalue weighted by Gasteiger charge is 2.11. The summed E-state index contributed by atoms with van der Waals surface area (Å²) >= 11 is 0. The first-order valence-electron chi connectivity index (χ1n) is 5.42. The van der Waals surface area contributed by atoms with Crippen LogP contribution < -0.4 is 4.74 Å². The van der Waals surface area contributed by atoms with Crippen LogP contribution in [0.3, 0.4) is 0 Å². The average molecular weight is 242 g/mol. The van der Waals surface area contributed by atoms with Crippen LogP contribution >= 0.6 is 0 Å². The van der Waals surface area contributed by atoms with Gasteiger partial charge in [-0.05, 0) is 37.6 Å². The van der Waals surface area contributed by atoms with Gasteiger partial charge in [-0.1, -0.05) is 6.07 Å². The van der Waals surface area contributed by atoms with E-state index in [1.165, 1.54) is 12.1 Å². The zero-order valence-electron chi connectivity index (χ0n) is 10.1. The number of rotatable bonds is 2. The van der Waals surface area contributed by atoms with Crippen LogP contribution in [0, 0.1) is 31.0 Å². The number of nitriles is 1. The highest BCUT2D eigenvalue weighted by molar-refractivity contribution is 5.46. The SMILES string of the molecule is Cc1cc(C)c(C#N)c(Oc2cccc(F)c2)n1. The third-order valence-corrected chi connectivity index (χ3v) is 2.43. The van der Waals surface area contributed by atoms with Crippen LogP contribution in [0.4, 0.5) is 4.39 Å². The Morgan fingerprint density at radius 2 is 2.06 bits per heavy atom. The maximum absolute atomic E-state index is 13.0.